The quantitative estimate of drug-likeness (QED) is 0.123. The molecule has 12 heteroatoms. The second-order valence-corrected chi connectivity index (χ2v) is 11.7. The van der Waals surface area contributed by atoms with E-state index in [0.29, 0.717) is 5.69 Å². The Balaban J connectivity index is 1.58. The van der Waals surface area contributed by atoms with Crippen molar-refractivity contribution < 1.29 is 33.8 Å². The zero-order valence-electron chi connectivity index (χ0n) is 26.6. The van der Waals surface area contributed by atoms with E-state index in [1.54, 1.807) is 0 Å². The molecule has 1 aromatic heterocycles. The van der Waals surface area contributed by atoms with E-state index in [9.17, 15) is 24.3 Å². The van der Waals surface area contributed by atoms with E-state index in [2.05, 4.69) is 25.9 Å². The fourth-order valence-electron chi connectivity index (χ4n) is 5.25. The Morgan fingerprint density at radius 2 is 1.53 bits per heavy atom. The van der Waals surface area contributed by atoms with Crippen LogP contribution in [0.2, 0.25) is 0 Å². The zero-order valence-corrected chi connectivity index (χ0v) is 26.6. The first kappa shape index (κ1) is 34.6. The van der Waals surface area contributed by atoms with Crippen LogP contribution in [0.5, 0.6) is 0 Å². The number of fused-ring (bicyclic) bond motifs is 1. The van der Waals surface area contributed by atoms with Gasteiger partial charge in [0.05, 0.1) is 19.5 Å². The van der Waals surface area contributed by atoms with Gasteiger partial charge < -0.3 is 35.5 Å². The number of alkyl carbamates (subject to hydrolysis) is 1. The Kier molecular flexibility index (Phi) is 12.5. The average Bonchev–Trinajstić information content (AvgIpc) is 3.59. The Morgan fingerprint density at radius 3 is 2.23 bits per heavy atom. The van der Waals surface area contributed by atoms with E-state index in [0.717, 1.165) is 29.0 Å². The van der Waals surface area contributed by atoms with Crippen molar-refractivity contribution >= 4 is 34.6 Å². The highest BCUT2D eigenvalue weighted by molar-refractivity contribution is 5.93. The minimum atomic E-state index is -1.62. The van der Waals surface area contributed by atoms with Crippen LogP contribution in [0, 0.1) is 5.92 Å². The van der Waals surface area contributed by atoms with Crippen LogP contribution in [0.4, 0.5) is 4.79 Å². The minimum absolute atomic E-state index is 0.000104. The second kappa shape index (κ2) is 16.9. The largest absolute Gasteiger partial charge is 0.467 e. The number of carbonyl (C=O) groups is 4. The molecule has 0 aliphatic carbocycles. The predicted molar refractivity (Wildman–Crippen MR) is 175 cm³/mol. The van der Waals surface area contributed by atoms with Crippen LogP contribution < -0.4 is 16.0 Å². The van der Waals surface area contributed by atoms with Crippen LogP contribution in [0.1, 0.15) is 37.1 Å². The van der Waals surface area contributed by atoms with Gasteiger partial charge in [-0.15, -0.1) is 0 Å². The summed E-state index contributed by atoms with van der Waals surface area (Å²) in [6.45, 7) is 3.76. The number of aromatic amines is 1. The van der Waals surface area contributed by atoms with Crippen molar-refractivity contribution in [1.82, 2.24) is 25.9 Å². The molecule has 0 bridgehead atoms. The van der Waals surface area contributed by atoms with Gasteiger partial charge in [0.2, 0.25) is 11.8 Å². The van der Waals surface area contributed by atoms with E-state index >= 15 is 0 Å². The number of ether oxygens (including phenoxy) is 2. The molecule has 4 aromatic rings. The van der Waals surface area contributed by atoms with Gasteiger partial charge in [0.1, 0.15) is 18.7 Å². The number of esters is 1. The van der Waals surface area contributed by atoms with Gasteiger partial charge in [-0.1, -0.05) is 86.6 Å². The van der Waals surface area contributed by atoms with Crippen molar-refractivity contribution in [1.29, 1.82) is 0 Å². The lowest BCUT2D eigenvalue weighted by molar-refractivity contribution is -0.152. The van der Waals surface area contributed by atoms with Crippen molar-refractivity contribution in [3.8, 4) is 0 Å². The summed E-state index contributed by atoms with van der Waals surface area (Å²) in [5.41, 5.74) is 2.14. The molecule has 12 nitrogen and oxygen atoms in total. The summed E-state index contributed by atoms with van der Waals surface area (Å²) in [6, 6.07) is 19.3. The molecule has 3 amide bonds. The first-order valence-corrected chi connectivity index (χ1v) is 15.4. The average molecular weight is 644 g/mol. The third-order valence-corrected chi connectivity index (χ3v) is 7.61. The summed E-state index contributed by atoms with van der Waals surface area (Å²) in [5, 5.41) is 20.7. The van der Waals surface area contributed by atoms with Gasteiger partial charge in [-0.25, -0.2) is 14.6 Å². The normalized spacial score (nSPS) is 13.6. The number of methoxy groups -OCH3 is 1. The number of aliphatic hydroxyl groups excluding tert-OH is 1. The fraction of sp³-hybridized carbons (Fsp3) is 0.343. The molecule has 248 valence electrons. The number of hydrogen-bond acceptors (Lipinski definition) is 8. The monoisotopic (exact) mass is 643 g/mol. The maximum Gasteiger partial charge on any atom is 0.408 e. The Bertz CT molecular complexity index is 1620. The van der Waals surface area contributed by atoms with Gasteiger partial charge in [-0.2, -0.15) is 0 Å². The molecule has 47 heavy (non-hydrogen) atoms. The molecule has 5 N–H and O–H groups in total. The number of aromatic nitrogens is 2. The lowest BCUT2D eigenvalue weighted by Crippen LogP contribution is -2.58. The highest BCUT2D eigenvalue weighted by Crippen LogP contribution is 2.20. The Labute approximate surface area is 273 Å². The molecule has 0 saturated carbocycles. The smallest absolute Gasteiger partial charge is 0.408 e. The van der Waals surface area contributed by atoms with Crippen LogP contribution in [-0.4, -0.2) is 70.3 Å². The van der Waals surface area contributed by atoms with Gasteiger partial charge in [-0.3, -0.25) is 9.59 Å². The number of rotatable bonds is 15. The molecule has 0 spiro atoms. The standard InChI is InChI=1S/C35H41N5O7/c1-22(2)16-28(31(41)34(44)46-3)38-33(43)30(18-26-19-36-21-37-26)39-32(42)29(40-35(45)47-20-23-10-5-4-6-11-23)17-25-14-9-13-24-12-7-8-15-27(24)25/h4-15,19,21-22,28-31,41H,16-18,20H2,1-3H3,(H,36,37)(H,38,43)(H,39,42)(H,40,45)/t28?,29-,30-,31?/m0/s1. The summed E-state index contributed by atoms with van der Waals surface area (Å²) in [5.74, 6) is -2.16. The zero-order chi connectivity index (χ0) is 33.8. The number of amides is 3. The van der Waals surface area contributed by atoms with Gasteiger partial charge >= 0.3 is 12.1 Å². The Morgan fingerprint density at radius 1 is 0.851 bits per heavy atom. The number of benzene rings is 3. The molecule has 0 aliphatic heterocycles. The highest BCUT2D eigenvalue weighted by Gasteiger charge is 2.33. The molecule has 3 aromatic carbocycles. The molecule has 0 fully saturated rings. The molecule has 4 rings (SSSR count). The fourth-order valence-corrected chi connectivity index (χ4v) is 5.25. The van der Waals surface area contributed by atoms with Crippen molar-refractivity contribution in [3.05, 3.63) is 102 Å². The van der Waals surface area contributed by atoms with Gasteiger partial charge in [0, 0.05) is 24.7 Å². The molecular formula is C35H41N5O7. The lowest BCUT2D eigenvalue weighted by atomic mass is 9.97. The van der Waals surface area contributed by atoms with Gasteiger partial charge in [0.25, 0.3) is 0 Å². The van der Waals surface area contributed by atoms with Crippen LogP contribution >= 0.6 is 0 Å². The number of carbonyl (C=O) groups excluding carboxylic acids is 4. The predicted octanol–water partition coefficient (Wildman–Crippen LogP) is 3.19. The van der Waals surface area contributed by atoms with E-state index in [1.807, 2.05) is 86.6 Å². The first-order chi connectivity index (χ1) is 22.6. The van der Waals surface area contributed by atoms with E-state index in [4.69, 9.17) is 9.47 Å². The van der Waals surface area contributed by atoms with Crippen molar-refractivity contribution in [2.75, 3.05) is 7.11 Å². The van der Waals surface area contributed by atoms with Gasteiger partial charge in [-0.05, 0) is 34.2 Å². The third kappa shape index (κ3) is 10.1. The number of nitrogens with one attached hydrogen (secondary N) is 4. The van der Waals surface area contributed by atoms with Crippen LogP contribution in [0.3, 0.4) is 0 Å². The molecule has 2 unspecified atom stereocenters. The molecule has 0 radical (unpaired) electrons. The number of H-pyrrole nitrogens is 1. The molecule has 0 aliphatic rings. The summed E-state index contributed by atoms with van der Waals surface area (Å²) in [6.07, 6.45) is 0.932. The molecule has 0 saturated heterocycles. The van der Waals surface area contributed by atoms with E-state index in [-0.39, 0.29) is 31.8 Å². The first-order valence-electron chi connectivity index (χ1n) is 15.4. The van der Waals surface area contributed by atoms with Crippen LogP contribution in [0.25, 0.3) is 10.8 Å². The van der Waals surface area contributed by atoms with E-state index < -0.39 is 48.1 Å². The van der Waals surface area contributed by atoms with Gasteiger partial charge in [0.15, 0.2) is 6.10 Å². The maximum atomic E-state index is 14.0. The van der Waals surface area contributed by atoms with Crippen molar-refractivity contribution in [3.63, 3.8) is 0 Å². The SMILES string of the molecule is COC(=O)C(O)C(CC(C)C)NC(=O)[C@H](Cc1cnc[nH]1)NC(=O)[C@H](Cc1cccc2ccccc12)NC(=O)OCc1ccccc1. The molecule has 4 atom stereocenters. The molecule has 1 heterocycles. The second-order valence-electron chi connectivity index (χ2n) is 11.7. The summed E-state index contributed by atoms with van der Waals surface area (Å²) in [7, 11) is 1.15. The summed E-state index contributed by atoms with van der Waals surface area (Å²) < 4.78 is 10.1. The third-order valence-electron chi connectivity index (χ3n) is 7.61. The summed E-state index contributed by atoms with van der Waals surface area (Å²) >= 11 is 0. The lowest BCUT2D eigenvalue weighted by Gasteiger charge is -2.28. The highest BCUT2D eigenvalue weighted by atomic mass is 16.5. The Hall–Kier alpha value is -5.23. The van der Waals surface area contributed by atoms with E-state index in [1.165, 1.54) is 12.5 Å². The number of imidazole rings is 1. The maximum absolute atomic E-state index is 14.0. The minimum Gasteiger partial charge on any atom is -0.467 e. The number of nitrogens with zero attached hydrogens (tertiary/aromatic N) is 1. The number of hydrogen-bond donors (Lipinski definition) is 5. The summed E-state index contributed by atoms with van der Waals surface area (Å²) in [4.78, 5) is 59.8. The van der Waals surface area contributed by atoms with Crippen LogP contribution in [-0.2, 0) is 43.3 Å². The van der Waals surface area contributed by atoms with Crippen molar-refractivity contribution in [2.45, 2.75) is 63.9 Å². The topological polar surface area (TPSA) is 172 Å². The molecular weight excluding hydrogens is 602 g/mol. The number of aliphatic hydroxyl groups is 1. The van der Waals surface area contributed by atoms with Crippen molar-refractivity contribution in [2.24, 2.45) is 5.92 Å². The van der Waals surface area contributed by atoms with Crippen LogP contribution in [0.15, 0.2) is 85.3 Å².